The van der Waals surface area contributed by atoms with E-state index in [-0.39, 0.29) is 52.7 Å². The van der Waals surface area contributed by atoms with Crippen LogP contribution in [0.25, 0.3) is 34.0 Å². The largest absolute Gasteiger partial charge is 0.492 e. The number of anilines is 4. The number of likely N-dealkylation sites (N-methyl/N-ethyl adjacent to an activating group) is 3. The molecule has 676 valence electrons. The van der Waals surface area contributed by atoms with Crippen molar-refractivity contribution < 1.29 is 52.3 Å². The molecule has 132 heavy (non-hydrogen) atoms. The van der Waals surface area contributed by atoms with Crippen LogP contribution in [0.5, 0.6) is 40.2 Å². The van der Waals surface area contributed by atoms with Gasteiger partial charge in [0.15, 0.2) is 6.73 Å². The minimum absolute atomic E-state index is 0.00600. The van der Waals surface area contributed by atoms with E-state index >= 15 is 0 Å². The van der Waals surface area contributed by atoms with Crippen molar-refractivity contribution in [3.05, 3.63) is 325 Å². The van der Waals surface area contributed by atoms with Gasteiger partial charge < -0.3 is 62.3 Å². The number of nitriles is 3. The Hall–Kier alpha value is -14.7. The highest BCUT2D eigenvalue weighted by atomic mass is 16.5. The summed E-state index contributed by atoms with van der Waals surface area (Å²) in [6.07, 6.45) is 30.0. The number of amides is 2. The van der Waals surface area contributed by atoms with Crippen LogP contribution in [0.2, 0.25) is 0 Å². The van der Waals surface area contributed by atoms with Crippen LogP contribution in [0.3, 0.4) is 0 Å². The fourth-order valence-corrected chi connectivity index (χ4v) is 17.2. The molecule has 20 nitrogen and oxygen atoms in total. The van der Waals surface area contributed by atoms with E-state index in [1.165, 1.54) is 0 Å². The lowest BCUT2D eigenvalue weighted by Crippen LogP contribution is -2.25. The fourth-order valence-electron chi connectivity index (χ4n) is 17.2. The highest BCUT2D eigenvalue weighted by molar-refractivity contribution is 5.97. The highest BCUT2D eigenvalue weighted by Crippen LogP contribution is 2.44. The smallest absolute Gasteiger partial charge is 0.362 e. The van der Waals surface area contributed by atoms with Gasteiger partial charge in [0, 0.05) is 69.1 Å². The van der Waals surface area contributed by atoms with Gasteiger partial charge in [-0.15, -0.1) is 0 Å². The van der Waals surface area contributed by atoms with E-state index in [1.807, 2.05) is 174 Å². The molecule has 20 heteroatoms. The third kappa shape index (κ3) is 28.4. The predicted octanol–water partition coefficient (Wildman–Crippen LogP) is 23.6. The Balaban J connectivity index is 0.771. The van der Waals surface area contributed by atoms with Crippen LogP contribution in [0.15, 0.2) is 258 Å². The molecule has 0 bridgehead atoms. The van der Waals surface area contributed by atoms with E-state index in [9.17, 15) is 35.0 Å². The molecule has 12 rings (SSSR count). The molecule has 4 aliphatic rings. The number of hydrogen-bond donors (Lipinski definition) is 0. The van der Waals surface area contributed by atoms with Crippen LogP contribution < -0.4 is 52.8 Å². The van der Waals surface area contributed by atoms with Crippen LogP contribution in [-0.2, 0) is 27.6 Å². The zero-order valence-corrected chi connectivity index (χ0v) is 77.9. The van der Waals surface area contributed by atoms with E-state index in [1.54, 1.807) is 30.3 Å². The van der Waals surface area contributed by atoms with E-state index in [2.05, 4.69) is 183 Å². The van der Waals surface area contributed by atoms with E-state index in [0.29, 0.717) is 117 Å². The van der Waals surface area contributed by atoms with Gasteiger partial charge in [-0.1, -0.05) is 211 Å². The monoisotopic (exact) mass is 1760 g/mol. The van der Waals surface area contributed by atoms with Gasteiger partial charge in [-0.05, 0) is 222 Å². The maximum absolute atomic E-state index is 14.4. The number of nitrogens with zero attached hydrogens (tertiary/aromatic N) is 9. The number of Topliss-reactive ketones (excluding diaryl/α,β-unsaturated/α-hetero) is 1. The lowest BCUT2D eigenvalue weighted by molar-refractivity contribution is -0.118. The number of ether oxygens (including phenoxy) is 7. The second-order valence-electron chi connectivity index (χ2n) is 38.0. The first kappa shape index (κ1) is 96.4. The third-order valence-electron chi connectivity index (χ3n) is 24.0. The zero-order valence-electron chi connectivity index (χ0n) is 77.9. The first-order chi connectivity index (χ1) is 63.1. The van der Waals surface area contributed by atoms with Crippen molar-refractivity contribution in [1.82, 2.24) is 0 Å². The zero-order chi connectivity index (χ0) is 94.3. The number of aryl methyl sites for hydroxylation is 1. The summed E-state index contributed by atoms with van der Waals surface area (Å²) >= 11 is 0. The van der Waals surface area contributed by atoms with Gasteiger partial charge in [0.25, 0.3) is 0 Å². The maximum Gasteiger partial charge on any atom is 0.362 e. The molecular weight excluding hydrogens is 1650 g/mol. The summed E-state index contributed by atoms with van der Waals surface area (Å²) in [5, 5.41) is 28.7. The van der Waals surface area contributed by atoms with Crippen LogP contribution in [0.4, 0.5) is 22.7 Å². The average molecular weight is 1770 g/mol. The minimum Gasteiger partial charge on any atom is -0.492 e. The molecule has 8 aromatic carbocycles. The Morgan fingerprint density at radius 1 is 0.394 bits per heavy atom. The Morgan fingerprint density at radius 2 is 0.735 bits per heavy atom. The lowest BCUT2D eigenvalue weighted by atomic mass is 9.71. The van der Waals surface area contributed by atoms with Gasteiger partial charge in [-0.3, -0.25) is 4.79 Å². The van der Waals surface area contributed by atoms with E-state index in [4.69, 9.17) is 46.3 Å². The van der Waals surface area contributed by atoms with Crippen LogP contribution in [0, 0.1) is 93.5 Å². The number of benzene rings is 8. The number of carbonyl (C=O) groups excluding carboxylic acids is 4. The summed E-state index contributed by atoms with van der Waals surface area (Å²) in [5.41, 5.74) is 15.1. The van der Waals surface area contributed by atoms with Crippen molar-refractivity contribution >= 4 is 70.6 Å². The predicted molar refractivity (Wildman–Crippen MR) is 523 cm³/mol. The van der Waals surface area contributed by atoms with Gasteiger partial charge in [0.05, 0.1) is 56.1 Å². The summed E-state index contributed by atoms with van der Waals surface area (Å²) in [7, 11) is 7.98. The average Bonchev–Trinajstić information content (AvgIpc) is 0.827. The Bertz CT molecular complexity index is 6030. The summed E-state index contributed by atoms with van der Waals surface area (Å²) < 4.78 is 45.8. The quantitative estimate of drug-likeness (QED) is 0.00875. The SMILES string of the molecule is [C-]#[N+]C(=O)C1C=C(/C=C/c2ccc(N(C)CCOc3cc(COc4cc(OCc5cc(OCCN(C)c6ccc(/C=C/C7=CC(C(=O)[N+]#[C-])CC(C)(C)C7)cc6)cc(OCN(C)c6ccc(/C=C/C7=CC(C(=O)C#N)CC(C)(C)C7)cc6)c5)cc(C(=O)Oc5ccc(C)cc5)c4)cc(OCCN(C)c4ccc(C=CC5=CC(=C(C#N)C#N)CC(C)(C)C5)cc4)c3)cc2)CC(C)(C)C1. The first-order valence-corrected chi connectivity index (χ1v) is 44.7. The normalized spacial score (nSPS) is 17.0. The number of hydrogen-bond acceptors (Lipinski definition) is 18. The van der Waals surface area contributed by atoms with E-state index < -0.39 is 41.3 Å². The molecule has 2 amide bonds. The van der Waals surface area contributed by atoms with Crippen molar-refractivity contribution in [2.75, 3.05) is 94.0 Å². The standard InChI is InChI=1S/C112H117N9O11/c1-77-16-42-98(43-17-77)132-108(125)88-58-103(129-74-86-54-99(126-47-44-118(12)94-34-26-78(27-35-94)18-22-82-50-89(93(71-113)72-114)67-109(2,3)63-82)60-100(55-86)127-48-45-119(13)95-36-28-79(29-37-95)20-24-84-52-91(106(123)116-10)69-111(6,7)65-84)62-104(59-88)130-75-87-56-101(128-49-46-120(14)96-38-30-80(31-39-96)21-25-85-53-92(107(124)117-11)70-112(8,9)66-85)61-102(57-87)131-76-121(15)97-40-32-81(33-41-97)19-23-83-51-90(105(122)73-115)68-110(4,5)64-83/h16-43,50-62,90-92H,44-49,63-70,74-76H2,1-9,12-15H3/b22-18?,23-19+,24-20+,25-21+. The molecular formula is C112H117N9O11. The maximum atomic E-state index is 14.4. The van der Waals surface area contributed by atoms with Crippen molar-refractivity contribution in [2.45, 2.75) is 127 Å². The Labute approximate surface area is 778 Å². The van der Waals surface area contributed by atoms with Crippen molar-refractivity contribution in [2.24, 2.45) is 39.4 Å². The molecule has 0 aliphatic heterocycles. The second-order valence-corrected chi connectivity index (χ2v) is 38.0. The van der Waals surface area contributed by atoms with E-state index in [0.717, 1.165) is 104 Å². The lowest BCUT2D eigenvalue weighted by Gasteiger charge is -2.32. The molecule has 0 saturated carbocycles. The fraction of sp³-hybridized carbons (Fsp3) is 0.330. The molecule has 0 radical (unpaired) electrons. The molecule has 3 atom stereocenters. The van der Waals surface area contributed by atoms with Crippen molar-refractivity contribution in [3.63, 3.8) is 0 Å². The summed E-state index contributed by atoms with van der Waals surface area (Å²) in [6, 6.07) is 62.3. The number of rotatable bonds is 38. The molecule has 0 aromatic heterocycles. The van der Waals surface area contributed by atoms with Gasteiger partial charge in [0.2, 0.25) is 5.78 Å². The van der Waals surface area contributed by atoms with Crippen molar-refractivity contribution in [3.8, 4) is 58.5 Å². The molecule has 0 N–H and O–H groups in total. The number of carbonyl (C=O) groups is 4. The summed E-state index contributed by atoms with van der Waals surface area (Å²) in [4.78, 5) is 66.6. The number of esters is 1. The number of allylic oxidation sites excluding steroid dienone is 12. The minimum atomic E-state index is -0.633. The molecule has 0 fully saturated rings. The van der Waals surface area contributed by atoms with Gasteiger partial charge in [-0.25, -0.2) is 4.79 Å². The topological polar surface area (TPSA) is 226 Å². The third-order valence-corrected chi connectivity index (χ3v) is 24.0. The van der Waals surface area contributed by atoms with Gasteiger partial charge >= 0.3 is 17.8 Å². The molecule has 0 saturated heterocycles. The Kier molecular flexibility index (Phi) is 32.2. The molecule has 8 aromatic rings. The van der Waals surface area contributed by atoms with Crippen molar-refractivity contribution in [1.29, 1.82) is 15.8 Å². The molecule has 3 unspecified atom stereocenters. The van der Waals surface area contributed by atoms with Gasteiger partial charge in [0.1, 0.15) is 97.1 Å². The summed E-state index contributed by atoms with van der Waals surface area (Å²) in [6.45, 7) is 36.4. The Morgan fingerprint density at radius 3 is 1.11 bits per heavy atom. The summed E-state index contributed by atoms with van der Waals surface area (Å²) in [5.74, 6) is -0.0145. The van der Waals surface area contributed by atoms with Crippen LogP contribution in [-0.4, -0.2) is 97.9 Å². The van der Waals surface area contributed by atoms with Crippen LogP contribution >= 0.6 is 0 Å². The van der Waals surface area contributed by atoms with Crippen LogP contribution in [0.1, 0.15) is 156 Å². The number of ketones is 1. The molecule has 4 aliphatic carbocycles. The first-order valence-electron chi connectivity index (χ1n) is 44.7. The second kappa shape index (κ2) is 44.1. The molecule has 0 spiro atoms. The van der Waals surface area contributed by atoms with Gasteiger partial charge in [-0.2, -0.15) is 25.5 Å². The molecule has 0 heterocycles. The highest BCUT2D eigenvalue weighted by Gasteiger charge is 2.35.